The molecule has 1 aliphatic rings. The highest BCUT2D eigenvalue weighted by atomic mass is 32.2. The molecule has 0 aliphatic carbocycles. The van der Waals surface area contributed by atoms with Gasteiger partial charge in [-0.2, -0.15) is 8.42 Å². The molecule has 1 amide bonds. The zero-order chi connectivity index (χ0) is 31.1. The molecule has 5 rings (SSSR count). The van der Waals surface area contributed by atoms with Gasteiger partial charge >= 0.3 is 10.1 Å². The van der Waals surface area contributed by atoms with Crippen molar-refractivity contribution in [3.8, 4) is 11.5 Å². The number of carbonyl (C=O) groups is 1. The number of amidine groups is 1. The smallest absolute Gasteiger partial charge is 0.339 e. The van der Waals surface area contributed by atoms with Gasteiger partial charge in [0.25, 0.3) is 5.91 Å². The summed E-state index contributed by atoms with van der Waals surface area (Å²) in [7, 11) is -2.69. The largest absolute Gasteiger partial charge is 0.493 e. The maximum Gasteiger partial charge on any atom is 0.339 e. The summed E-state index contributed by atoms with van der Waals surface area (Å²) < 4.78 is 37.5. The summed E-state index contributed by atoms with van der Waals surface area (Å²) in [5.41, 5.74) is 4.16. The second kappa shape index (κ2) is 13.8. The summed E-state index contributed by atoms with van der Waals surface area (Å²) in [6.07, 6.45) is 3.74. The molecule has 44 heavy (non-hydrogen) atoms. The number of amides is 1. The van der Waals surface area contributed by atoms with Gasteiger partial charge < -0.3 is 8.92 Å². The average molecular weight is 625 g/mol. The van der Waals surface area contributed by atoms with Crippen molar-refractivity contribution in [2.75, 3.05) is 7.11 Å². The third-order valence-corrected chi connectivity index (χ3v) is 9.13. The second-order valence-electron chi connectivity index (χ2n) is 10.1. The molecule has 0 atom stereocenters. The van der Waals surface area contributed by atoms with Crippen LogP contribution in [0.25, 0.3) is 6.08 Å². The number of hydrogen-bond donors (Lipinski definition) is 0. The molecule has 4 aromatic rings. The molecule has 0 bridgehead atoms. The van der Waals surface area contributed by atoms with Gasteiger partial charge in [-0.15, -0.1) is 6.58 Å². The van der Waals surface area contributed by atoms with Crippen molar-refractivity contribution in [3.63, 3.8) is 0 Å². The standard InChI is InChI=1S/C35H32N2O5S2/c1-4-11-29-20-28(21-31(41-3)33(29)42-44(39,40)30-18-16-25(2)17-19-30)22-32-34(38)37(24-27-14-9-6-10-15-27)35(43-32)36-23-26-12-7-5-8-13-26/h4-10,12-22H,1,11,23-24H2,2-3H3/b32-22+,36-35?. The Balaban J connectivity index is 1.49. The van der Waals surface area contributed by atoms with Gasteiger partial charge in [0.1, 0.15) is 4.90 Å². The van der Waals surface area contributed by atoms with Crippen LogP contribution < -0.4 is 8.92 Å². The molecule has 224 valence electrons. The van der Waals surface area contributed by atoms with Crippen LogP contribution in [0.3, 0.4) is 0 Å². The number of hydrogen-bond acceptors (Lipinski definition) is 7. The summed E-state index contributed by atoms with van der Waals surface area (Å²) >= 11 is 1.30. The molecular weight excluding hydrogens is 593 g/mol. The van der Waals surface area contributed by atoms with E-state index in [9.17, 15) is 13.2 Å². The topological polar surface area (TPSA) is 85.3 Å². The Kier molecular flexibility index (Phi) is 9.67. The monoisotopic (exact) mass is 624 g/mol. The van der Waals surface area contributed by atoms with Crippen molar-refractivity contribution in [3.05, 3.63) is 142 Å². The molecule has 9 heteroatoms. The number of aliphatic imine (C=N–C) groups is 1. The van der Waals surface area contributed by atoms with E-state index < -0.39 is 10.1 Å². The summed E-state index contributed by atoms with van der Waals surface area (Å²) in [6.45, 7) is 6.52. The molecule has 0 saturated carbocycles. The fourth-order valence-corrected chi connectivity index (χ4v) is 6.56. The number of methoxy groups -OCH3 is 1. The van der Waals surface area contributed by atoms with E-state index in [1.54, 1.807) is 41.3 Å². The second-order valence-corrected chi connectivity index (χ2v) is 12.7. The minimum atomic E-state index is -4.13. The van der Waals surface area contributed by atoms with E-state index in [2.05, 4.69) is 6.58 Å². The van der Waals surface area contributed by atoms with Gasteiger partial charge in [0.2, 0.25) is 0 Å². The first-order valence-electron chi connectivity index (χ1n) is 13.9. The van der Waals surface area contributed by atoms with Gasteiger partial charge in [-0.3, -0.25) is 14.7 Å². The molecule has 0 unspecified atom stereocenters. The van der Waals surface area contributed by atoms with Crippen LogP contribution in [0, 0.1) is 6.92 Å². The third-order valence-electron chi connectivity index (χ3n) is 6.85. The van der Waals surface area contributed by atoms with E-state index in [1.807, 2.05) is 67.6 Å². The molecule has 1 heterocycles. The van der Waals surface area contributed by atoms with Crippen LogP contribution in [-0.2, 0) is 34.4 Å². The summed E-state index contributed by atoms with van der Waals surface area (Å²) in [5, 5.41) is 0.608. The van der Waals surface area contributed by atoms with Crippen LogP contribution in [0.5, 0.6) is 11.5 Å². The summed E-state index contributed by atoms with van der Waals surface area (Å²) in [4.78, 5) is 20.7. The van der Waals surface area contributed by atoms with E-state index >= 15 is 0 Å². The molecule has 1 aliphatic heterocycles. The molecule has 0 radical (unpaired) electrons. The number of thioether (sulfide) groups is 1. The third kappa shape index (κ3) is 7.30. The van der Waals surface area contributed by atoms with Crippen LogP contribution in [0.2, 0.25) is 0 Å². The Labute approximate surface area is 262 Å². The molecular formula is C35H32N2O5S2. The lowest BCUT2D eigenvalue weighted by molar-refractivity contribution is -0.122. The Morgan fingerprint density at radius 2 is 1.59 bits per heavy atom. The van der Waals surface area contributed by atoms with Crippen molar-refractivity contribution in [1.29, 1.82) is 0 Å². The molecule has 0 aromatic heterocycles. The van der Waals surface area contributed by atoms with E-state index in [-0.39, 0.29) is 22.3 Å². The maximum absolute atomic E-state index is 13.7. The minimum absolute atomic E-state index is 0.0367. The quantitative estimate of drug-likeness (QED) is 0.0999. The SMILES string of the molecule is C=CCc1cc(/C=C2/SC(=NCc3ccccc3)N(Cc3ccccc3)C2=O)cc(OC)c1OS(=O)(=O)c1ccc(C)cc1. The maximum atomic E-state index is 13.7. The van der Waals surface area contributed by atoms with E-state index in [0.717, 1.165) is 16.7 Å². The van der Waals surface area contributed by atoms with Gasteiger partial charge in [-0.25, -0.2) is 0 Å². The zero-order valence-corrected chi connectivity index (χ0v) is 26.1. The highest BCUT2D eigenvalue weighted by Gasteiger charge is 2.33. The van der Waals surface area contributed by atoms with Crippen molar-refractivity contribution >= 4 is 39.0 Å². The fourth-order valence-electron chi connectivity index (χ4n) is 4.61. The molecule has 1 saturated heterocycles. The van der Waals surface area contributed by atoms with Crippen LogP contribution >= 0.6 is 11.8 Å². The van der Waals surface area contributed by atoms with Crippen LogP contribution in [0.1, 0.15) is 27.8 Å². The molecule has 0 spiro atoms. The molecule has 7 nitrogen and oxygen atoms in total. The number of carbonyl (C=O) groups excluding carboxylic acids is 1. The van der Waals surface area contributed by atoms with E-state index in [1.165, 1.54) is 31.0 Å². The predicted molar refractivity (Wildman–Crippen MR) is 176 cm³/mol. The Bertz CT molecular complexity index is 1820. The fraction of sp³-hybridized carbons (Fsp3) is 0.143. The molecule has 4 aromatic carbocycles. The van der Waals surface area contributed by atoms with Crippen molar-refractivity contribution in [1.82, 2.24) is 4.90 Å². The average Bonchev–Trinajstić information content (AvgIpc) is 3.31. The first kappa shape index (κ1) is 30.8. The van der Waals surface area contributed by atoms with Crippen LogP contribution in [0.15, 0.2) is 125 Å². The number of nitrogens with zero attached hydrogens (tertiary/aromatic N) is 2. The summed E-state index contributed by atoms with van der Waals surface area (Å²) in [5.74, 6) is 0.134. The molecule has 0 N–H and O–H groups in total. The normalized spacial score (nSPS) is 15.1. The van der Waals surface area contributed by atoms with E-state index in [4.69, 9.17) is 13.9 Å². The number of ether oxygens (including phenoxy) is 1. The summed E-state index contributed by atoms with van der Waals surface area (Å²) in [6, 6.07) is 29.5. The Hall–Kier alpha value is -4.60. The number of benzene rings is 4. The number of allylic oxidation sites excluding steroid dienone is 1. The van der Waals surface area contributed by atoms with Gasteiger partial charge in [0.05, 0.1) is 25.1 Å². The zero-order valence-electron chi connectivity index (χ0n) is 24.5. The van der Waals surface area contributed by atoms with Crippen LogP contribution in [-0.4, -0.2) is 31.5 Å². The van der Waals surface area contributed by atoms with Crippen LogP contribution in [0.4, 0.5) is 0 Å². The van der Waals surface area contributed by atoms with Gasteiger partial charge in [0.15, 0.2) is 16.7 Å². The highest BCUT2D eigenvalue weighted by Crippen LogP contribution is 2.39. The minimum Gasteiger partial charge on any atom is -0.493 e. The molecule has 1 fully saturated rings. The lowest BCUT2D eigenvalue weighted by atomic mass is 10.1. The lowest BCUT2D eigenvalue weighted by Crippen LogP contribution is -2.28. The Morgan fingerprint density at radius 1 is 0.932 bits per heavy atom. The number of rotatable bonds is 11. The first-order chi connectivity index (χ1) is 21.3. The number of aryl methyl sites for hydroxylation is 1. The van der Waals surface area contributed by atoms with Gasteiger partial charge in [0, 0.05) is 5.56 Å². The Morgan fingerprint density at radius 3 is 2.23 bits per heavy atom. The van der Waals surface area contributed by atoms with Crippen molar-refractivity contribution in [2.45, 2.75) is 31.3 Å². The first-order valence-corrected chi connectivity index (χ1v) is 16.2. The van der Waals surface area contributed by atoms with Gasteiger partial charge in [-0.05, 0) is 72.1 Å². The van der Waals surface area contributed by atoms with E-state index in [0.29, 0.717) is 40.7 Å². The predicted octanol–water partition coefficient (Wildman–Crippen LogP) is 7.17. The highest BCUT2D eigenvalue weighted by molar-refractivity contribution is 8.18. The van der Waals surface area contributed by atoms with Crippen molar-refractivity contribution < 1.29 is 22.1 Å². The van der Waals surface area contributed by atoms with Gasteiger partial charge in [-0.1, -0.05) is 84.4 Å². The lowest BCUT2D eigenvalue weighted by Gasteiger charge is -2.16. The van der Waals surface area contributed by atoms with Crippen molar-refractivity contribution in [2.24, 2.45) is 4.99 Å².